The van der Waals surface area contributed by atoms with Gasteiger partial charge in [-0.2, -0.15) is 0 Å². The molecule has 1 heterocycles. The molecule has 0 saturated carbocycles. The lowest BCUT2D eigenvalue weighted by Gasteiger charge is -2.17. The minimum absolute atomic E-state index is 0. The van der Waals surface area contributed by atoms with E-state index in [0.29, 0.717) is 25.3 Å². The van der Waals surface area contributed by atoms with Crippen molar-refractivity contribution in [2.24, 2.45) is 5.73 Å². The molecular formula is C21H28Cl2N6O2. The Morgan fingerprint density at radius 3 is 2.48 bits per heavy atom. The normalized spacial score (nSPS) is 12.2. The van der Waals surface area contributed by atoms with Gasteiger partial charge in [0, 0.05) is 6.54 Å². The van der Waals surface area contributed by atoms with Crippen molar-refractivity contribution >= 4 is 53.6 Å². The standard InChI is InChI=1S/C21H26N6O2.2ClH/c1-13(25-20(29)16(22)9-7-14-5-3-2-4-6-14)19(28)24-12-15-8-10-17-18(11-15)27-21(23)26-17;;/h2-6,8,10-11,13,16H,7,9,12,22H2,1H3,(H,24,28)(H,25,29)(H3,23,26,27);2*1H/t13-,16?;;/m0../s1. The van der Waals surface area contributed by atoms with Crippen molar-refractivity contribution in [2.75, 3.05) is 5.73 Å². The number of carbonyl (C=O) groups is 2. The minimum atomic E-state index is -0.684. The number of nitrogen functional groups attached to an aromatic ring is 1. The molecule has 0 saturated heterocycles. The highest BCUT2D eigenvalue weighted by Crippen LogP contribution is 2.14. The van der Waals surface area contributed by atoms with E-state index < -0.39 is 12.1 Å². The van der Waals surface area contributed by atoms with E-state index in [1.165, 1.54) is 0 Å². The first kappa shape index (κ1) is 26.2. The van der Waals surface area contributed by atoms with E-state index in [-0.39, 0.29) is 36.6 Å². The molecule has 1 unspecified atom stereocenters. The number of nitrogens with zero attached hydrogens (tertiary/aromatic N) is 1. The molecule has 3 rings (SSSR count). The van der Waals surface area contributed by atoms with Gasteiger partial charge in [0.05, 0.1) is 17.1 Å². The predicted octanol–water partition coefficient (Wildman–Crippen LogP) is 2.07. The first-order valence-corrected chi connectivity index (χ1v) is 9.54. The number of hydrogen-bond donors (Lipinski definition) is 5. The molecule has 7 N–H and O–H groups in total. The second-order valence-corrected chi connectivity index (χ2v) is 7.05. The zero-order chi connectivity index (χ0) is 20.8. The zero-order valence-corrected chi connectivity index (χ0v) is 18.8. The number of carbonyl (C=O) groups excluding carboxylic acids is 2. The molecule has 0 aliphatic rings. The summed E-state index contributed by atoms with van der Waals surface area (Å²) in [6.45, 7) is 1.96. The summed E-state index contributed by atoms with van der Waals surface area (Å²) < 4.78 is 0. The van der Waals surface area contributed by atoms with Crippen molar-refractivity contribution in [1.29, 1.82) is 0 Å². The van der Waals surface area contributed by atoms with Crippen molar-refractivity contribution < 1.29 is 9.59 Å². The fourth-order valence-corrected chi connectivity index (χ4v) is 3.01. The van der Waals surface area contributed by atoms with Crippen LogP contribution in [0.25, 0.3) is 11.0 Å². The number of amides is 2. The first-order valence-electron chi connectivity index (χ1n) is 9.54. The molecule has 2 aromatic carbocycles. The second kappa shape index (κ2) is 12.1. The number of imidazole rings is 1. The zero-order valence-electron chi connectivity index (χ0n) is 17.1. The van der Waals surface area contributed by atoms with Crippen LogP contribution in [-0.2, 0) is 22.6 Å². The van der Waals surface area contributed by atoms with Crippen LogP contribution in [0.5, 0.6) is 0 Å². The number of hydrogen-bond acceptors (Lipinski definition) is 5. The highest BCUT2D eigenvalue weighted by molar-refractivity contribution is 5.89. The number of nitrogens with one attached hydrogen (secondary N) is 3. The van der Waals surface area contributed by atoms with Crippen LogP contribution in [0.3, 0.4) is 0 Å². The van der Waals surface area contributed by atoms with E-state index in [9.17, 15) is 9.59 Å². The summed E-state index contributed by atoms with van der Waals surface area (Å²) in [5.74, 6) is -0.267. The Morgan fingerprint density at radius 2 is 1.77 bits per heavy atom. The summed E-state index contributed by atoms with van der Waals surface area (Å²) >= 11 is 0. The van der Waals surface area contributed by atoms with Gasteiger partial charge in [0.2, 0.25) is 11.8 Å². The number of rotatable bonds is 8. The Hall–Kier alpha value is -2.81. The molecule has 0 spiro atoms. The third kappa shape index (κ3) is 7.43. The van der Waals surface area contributed by atoms with Gasteiger partial charge in [0.1, 0.15) is 6.04 Å². The molecule has 3 aromatic rings. The van der Waals surface area contributed by atoms with Crippen LogP contribution in [-0.4, -0.2) is 33.9 Å². The van der Waals surface area contributed by atoms with E-state index in [1.807, 2.05) is 48.5 Å². The summed E-state index contributed by atoms with van der Waals surface area (Å²) in [4.78, 5) is 31.7. The van der Waals surface area contributed by atoms with Gasteiger partial charge in [0.15, 0.2) is 5.95 Å². The van der Waals surface area contributed by atoms with Gasteiger partial charge in [0.25, 0.3) is 0 Å². The molecule has 0 fully saturated rings. The Morgan fingerprint density at radius 1 is 1.06 bits per heavy atom. The quantitative estimate of drug-likeness (QED) is 0.345. The minimum Gasteiger partial charge on any atom is -0.369 e. The number of halogens is 2. The fraction of sp³-hybridized carbons (Fsp3) is 0.286. The van der Waals surface area contributed by atoms with Gasteiger partial charge < -0.3 is 27.1 Å². The summed E-state index contributed by atoms with van der Waals surface area (Å²) in [5, 5.41) is 5.49. The molecular weight excluding hydrogens is 439 g/mol. The topological polar surface area (TPSA) is 139 Å². The Labute approximate surface area is 193 Å². The average molecular weight is 467 g/mol. The number of aromatic nitrogens is 2. The molecule has 168 valence electrons. The molecule has 2 amide bonds. The summed E-state index contributed by atoms with van der Waals surface area (Å²) in [6.07, 6.45) is 1.22. The molecule has 0 aliphatic heterocycles. The van der Waals surface area contributed by atoms with Gasteiger partial charge in [-0.1, -0.05) is 36.4 Å². The smallest absolute Gasteiger partial charge is 0.242 e. The van der Waals surface area contributed by atoms with E-state index in [0.717, 1.165) is 22.2 Å². The Kier molecular flexibility index (Phi) is 10.3. The maximum Gasteiger partial charge on any atom is 0.242 e. The van der Waals surface area contributed by atoms with Crippen molar-refractivity contribution in [3.8, 4) is 0 Å². The van der Waals surface area contributed by atoms with Crippen molar-refractivity contribution in [3.63, 3.8) is 0 Å². The van der Waals surface area contributed by atoms with E-state index in [1.54, 1.807) is 6.92 Å². The van der Waals surface area contributed by atoms with Gasteiger partial charge in [-0.15, -0.1) is 24.8 Å². The number of nitrogens with two attached hydrogens (primary N) is 2. The lowest BCUT2D eigenvalue weighted by molar-refractivity contribution is -0.129. The van der Waals surface area contributed by atoms with Crippen molar-refractivity contribution in [2.45, 2.75) is 38.4 Å². The monoisotopic (exact) mass is 466 g/mol. The molecule has 2 atom stereocenters. The maximum absolute atomic E-state index is 12.3. The summed E-state index contributed by atoms with van der Waals surface area (Å²) in [7, 11) is 0. The van der Waals surface area contributed by atoms with E-state index >= 15 is 0 Å². The number of benzene rings is 2. The van der Waals surface area contributed by atoms with Crippen LogP contribution >= 0.6 is 24.8 Å². The van der Waals surface area contributed by atoms with Crippen LogP contribution in [0.15, 0.2) is 48.5 Å². The Balaban J connectivity index is 0.00000240. The largest absolute Gasteiger partial charge is 0.369 e. The van der Waals surface area contributed by atoms with Crippen LogP contribution in [0, 0.1) is 0 Å². The van der Waals surface area contributed by atoms with Gasteiger partial charge >= 0.3 is 0 Å². The van der Waals surface area contributed by atoms with Gasteiger partial charge in [-0.05, 0) is 43.0 Å². The highest BCUT2D eigenvalue weighted by atomic mass is 35.5. The molecule has 0 radical (unpaired) electrons. The fourth-order valence-electron chi connectivity index (χ4n) is 3.01. The van der Waals surface area contributed by atoms with Crippen molar-refractivity contribution in [3.05, 3.63) is 59.7 Å². The van der Waals surface area contributed by atoms with Crippen LogP contribution in [0.1, 0.15) is 24.5 Å². The van der Waals surface area contributed by atoms with Crippen molar-refractivity contribution in [1.82, 2.24) is 20.6 Å². The number of H-pyrrole nitrogens is 1. The highest BCUT2D eigenvalue weighted by Gasteiger charge is 2.19. The number of anilines is 1. The third-order valence-electron chi connectivity index (χ3n) is 4.71. The summed E-state index contributed by atoms with van der Waals surface area (Å²) in [6, 6.07) is 14.1. The van der Waals surface area contributed by atoms with Gasteiger partial charge in [-0.3, -0.25) is 9.59 Å². The van der Waals surface area contributed by atoms with Crippen LogP contribution in [0.2, 0.25) is 0 Å². The van der Waals surface area contributed by atoms with Gasteiger partial charge in [-0.25, -0.2) is 4.98 Å². The number of fused-ring (bicyclic) bond motifs is 1. The first-order chi connectivity index (χ1) is 13.9. The van der Waals surface area contributed by atoms with Crippen LogP contribution in [0.4, 0.5) is 5.95 Å². The lowest BCUT2D eigenvalue weighted by Crippen LogP contribution is -2.50. The lowest BCUT2D eigenvalue weighted by atomic mass is 10.1. The maximum atomic E-state index is 12.3. The average Bonchev–Trinajstić information content (AvgIpc) is 3.10. The number of aromatic amines is 1. The third-order valence-corrected chi connectivity index (χ3v) is 4.71. The molecule has 10 heteroatoms. The molecule has 0 aliphatic carbocycles. The van der Waals surface area contributed by atoms with Crippen LogP contribution < -0.4 is 22.1 Å². The second-order valence-electron chi connectivity index (χ2n) is 7.05. The molecule has 0 bridgehead atoms. The molecule has 31 heavy (non-hydrogen) atoms. The summed E-state index contributed by atoms with van der Waals surface area (Å²) in [5.41, 5.74) is 15.2. The SMILES string of the molecule is C[C@H](NC(=O)C(N)CCc1ccccc1)C(=O)NCc1ccc2nc(N)[nH]c2c1.Cl.Cl. The molecule has 1 aromatic heterocycles. The van der Waals surface area contributed by atoms with E-state index in [2.05, 4.69) is 20.6 Å². The predicted molar refractivity (Wildman–Crippen MR) is 127 cm³/mol. The Bertz CT molecular complexity index is 996. The van der Waals surface area contributed by atoms with E-state index in [4.69, 9.17) is 11.5 Å². The number of aryl methyl sites for hydroxylation is 1. The molecule has 8 nitrogen and oxygen atoms in total.